The van der Waals surface area contributed by atoms with Crippen molar-refractivity contribution >= 4 is 23.2 Å². The van der Waals surface area contributed by atoms with Gasteiger partial charge in [0, 0.05) is 5.69 Å². The number of hydrogen-bond acceptors (Lipinski definition) is 3. The highest BCUT2D eigenvalue weighted by Crippen LogP contribution is 2.25. The Bertz CT molecular complexity index is 737. The van der Waals surface area contributed by atoms with Gasteiger partial charge in [-0.05, 0) is 48.7 Å². The van der Waals surface area contributed by atoms with Crippen molar-refractivity contribution in [2.75, 3.05) is 10.2 Å². The number of anilines is 2. The van der Waals surface area contributed by atoms with Crippen molar-refractivity contribution in [1.82, 2.24) is 0 Å². The van der Waals surface area contributed by atoms with E-state index in [9.17, 15) is 9.59 Å². The Morgan fingerprint density at radius 3 is 2.52 bits per heavy atom. The van der Waals surface area contributed by atoms with Crippen LogP contribution < -0.4 is 10.2 Å². The van der Waals surface area contributed by atoms with Gasteiger partial charge in [-0.3, -0.25) is 9.59 Å². The molecule has 1 aliphatic rings. The maximum Gasteiger partial charge on any atom is 0.256 e. The van der Waals surface area contributed by atoms with Crippen LogP contribution in [0.2, 0.25) is 0 Å². The normalized spacial score (nSPS) is 17.7. The van der Waals surface area contributed by atoms with E-state index < -0.39 is 6.04 Å². The minimum atomic E-state index is -0.504. The maximum atomic E-state index is 12.6. The van der Waals surface area contributed by atoms with Crippen LogP contribution in [-0.2, 0) is 16.0 Å². The first-order valence-electron chi connectivity index (χ1n) is 7.87. The molecular weight excluding hydrogens is 288 g/mol. The molecule has 0 unspecified atom stereocenters. The minimum Gasteiger partial charge on any atom is -0.373 e. The van der Waals surface area contributed by atoms with Gasteiger partial charge in [-0.25, -0.2) is 4.90 Å². The molecule has 3 rings (SSSR count). The van der Waals surface area contributed by atoms with Crippen LogP contribution in [-0.4, -0.2) is 17.9 Å². The number of amides is 2. The van der Waals surface area contributed by atoms with Crippen LogP contribution in [0.4, 0.5) is 11.4 Å². The van der Waals surface area contributed by atoms with E-state index in [4.69, 9.17) is 0 Å². The van der Waals surface area contributed by atoms with Crippen molar-refractivity contribution in [3.05, 3.63) is 59.7 Å². The molecular formula is C19H20N2O2. The standard InChI is InChI=1S/C19H20N2O2/c1-3-14-7-9-16(10-8-14)21-18(22)12-17(19(21)23)20-15-6-4-5-13(2)11-15/h4-11,17,20H,3,12H2,1-2H3/t17-/m1/s1. The van der Waals surface area contributed by atoms with E-state index in [-0.39, 0.29) is 18.2 Å². The first-order chi connectivity index (χ1) is 11.1. The lowest BCUT2D eigenvalue weighted by Gasteiger charge is -2.16. The van der Waals surface area contributed by atoms with Gasteiger partial charge in [-0.15, -0.1) is 0 Å². The summed E-state index contributed by atoms with van der Waals surface area (Å²) in [6.45, 7) is 4.07. The summed E-state index contributed by atoms with van der Waals surface area (Å²) in [5.74, 6) is -0.356. The first kappa shape index (κ1) is 15.3. The first-order valence-corrected chi connectivity index (χ1v) is 7.87. The molecule has 1 atom stereocenters. The summed E-state index contributed by atoms with van der Waals surface area (Å²) in [7, 11) is 0. The third-order valence-corrected chi connectivity index (χ3v) is 4.11. The molecule has 0 spiro atoms. The summed E-state index contributed by atoms with van der Waals surface area (Å²) < 4.78 is 0. The zero-order valence-corrected chi connectivity index (χ0v) is 13.4. The number of benzene rings is 2. The summed E-state index contributed by atoms with van der Waals surface area (Å²) in [4.78, 5) is 26.2. The van der Waals surface area contributed by atoms with Gasteiger partial charge in [0.25, 0.3) is 5.91 Å². The van der Waals surface area contributed by atoms with E-state index >= 15 is 0 Å². The number of rotatable bonds is 4. The fourth-order valence-corrected chi connectivity index (χ4v) is 2.83. The van der Waals surface area contributed by atoms with Crippen LogP contribution in [0.15, 0.2) is 48.5 Å². The third-order valence-electron chi connectivity index (χ3n) is 4.11. The Morgan fingerprint density at radius 1 is 1.13 bits per heavy atom. The van der Waals surface area contributed by atoms with Gasteiger partial charge in [0.1, 0.15) is 6.04 Å². The Morgan fingerprint density at radius 2 is 1.87 bits per heavy atom. The highest BCUT2D eigenvalue weighted by molar-refractivity contribution is 6.23. The van der Waals surface area contributed by atoms with E-state index in [1.54, 1.807) is 0 Å². The zero-order valence-electron chi connectivity index (χ0n) is 13.4. The topological polar surface area (TPSA) is 49.4 Å². The molecule has 0 aliphatic carbocycles. The SMILES string of the molecule is CCc1ccc(N2C(=O)C[C@@H](Nc3cccc(C)c3)C2=O)cc1. The van der Waals surface area contributed by atoms with E-state index in [1.807, 2.05) is 55.5 Å². The molecule has 0 aromatic heterocycles. The van der Waals surface area contributed by atoms with Crippen molar-refractivity contribution in [3.63, 3.8) is 0 Å². The number of carbonyl (C=O) groups excluding carboxylic acids is 2. The lowest BCUT2D eigenvalue weighted by atomic mass is 10.1. The van der Waals surface area contributed by atoms with Gasteiger partial charge in [-0.1, -0.05) is 31.2 Å². The van der Waals surface area contributed by atoms with Crippen molar-refractivity contribution in [2.45, 2.75) is 32.7 Å². The quantitative estimate of drug-likeness (QED) is 0.882. The van der Waals surface area contributed by atoms with Crippen LogP contribution in [0, 0.1) is 6.92 Å². The average Bonchev–Trinajstić information content (AvgIpc) is 2.81. The second kappa shape index (κ2) is 6.24. The molecule has 0 saturated carbocycles. The van der Waals surface area contributed by atoms with Gasteiger partial charge in [0.05, 0.1) is 12.1 Å². The van der Waals surface area contributed by atoms with Gasteiger partial charge in [0.2, 0.25) is 5.91 Å². The van der Waals surface area contributed by atoms with E-state index in [1.165, 1.54) is 10.5 Å². The van der Waals surface area contributed by atoms with Crippen molar-refractivity contribution in [2.24, 2.45) is 0 Å². The number of imide groups is 1. The molecule has 2 aromatic carbocycles. The molecule has 2 aromatic rings. The van der Waals surface area contributed by atoms with Crippen molar-refractivity contribution in [3.8, 4) is 0 Å². The molecule has 1 aliphatic heterocycles. The second-order valence-corrected chi connectivity index (χ2v) is 5.86. The number of hydrogen-bond donors (Lipinski definition) is 1. The summed E-state index contributed by atoms with van der Waals surface area (Å²) in [6.07, 6.45) is 1.11. The average molecular weight is 308 g/mol. The van der Waals surface area contributed by atoms with Gasteiger partial charge in [0.15, 0.2) is 0 Å². The highest BCUT2D eigenvalue weighted by Gasteiger charge is 2.39. The lowest BCUT2D eigenvalue weighted by Crippen LogP contribution is -2.34. The molecule has 1 fully saturated rings. The fraction of sp³-hybridized carbons (Fsp3) is 0.263. The number of nitrogens with zero attached hydrogens (tertiary/aromatic N) is 1. The van der Waals surface area contributed by atoms with Crippen molar-refractivity contribution < 1.29 is 9.59 Å². The summed E-state index contributed by atoms with van der Waals surface area (Å²) in [5.41, 5.74) is 3.80. The number of carbonyl (C=O) groups is 2. The van der Waals surface area contributed by atoms with Gasteiger partial charge in [-0.2, -0.15) is 0 Å². The highest BCUT2D eigenvalue weighted by atomic mass is 16.2. The molecule has 23 heavy (non-hydrogen) atoms. The Hall–Kier alpha value is -2.62. The largest absolute Gasteiger partial charge is 0.373 e. The molecule has 1 heterocycles. The van der Waals surface area contributed by atoms with Crippen LogP contribution in [0.1, 0.15) is 24.5 Å². The molecule has 4 heteroatoms. The molecule has 2 amide bonds. The van der Waals surface area contributed by atoms with Gasteiger partial charge >= 0.3 is 0 Å². The van der Waals surface area contributed by atoms with E-state index in [0.717, 1.165) is 17.7 Å². The van der Waals surface area contributed by atoms with Crippen LogP contribution in [0.3, 0.4) is 0 Å². The molecule has 1 N–H and O–H groups in total. The molecule has 0 bridgehead atoms. The summed E-state index contributed by atoms with van der Waals surface area (Å²) in [6, 6.07) is 14.9. The molecule has 1 saturated heterocycles. The van der Waals surface area contributed by atoms with Crippen LogP contribution in [0.25, 0.3) is 0 Å². The predicted octanol–water partition coefficient (Wildman–Crippen LogP) is 3.30. The monoisotopic (exact) mass is 308 g/mol. The Balaban J connectivity index is 1.79. The molecule has 4 nitrogen and oxygen atoms in total. The molecule has 0 radical (unpaired) electrons. The fourth-order valence-electron chi connectivity index (χ4n) is 2.83. The van der Waals surface area contributed by atoms with E-state index in [2.05, 4.69) is 12.2 Å². The Labute approximate surface area is 136 Å². The predicted molar refractivity (Wildman–Crippen MR) is 91.5 cm³/mol. The minimum absolute atomic E-state index is 0.163. The summed E-state index contributed by atoms with van der Waals surface area (Å²) >= 11 is 0. The smallest absolute Gasteiger partial charge is 0.256 e. The number of aryl methyl sites for hydroxylation is 2. The second-order valence-electron chi connectivity index (χ2n) is 5.86. The zero-order chi connectivity index (χ0) is 16.4. The molecule has 118 valence electrons. The Kier molecular flexibility index (Phi) is 4.15. The number of nitrogens with one attached hydrogen (secondary N) is 1. The van der Waals surface area contributed by atoms with E-state index in [0.29, 0.717) is 5.69 Å². The van der Waals surface area contributed by atoms with Crippen LogP contribution in [0.5, 0.6) is 0 Å². The van der Waals surface area contributed by atoms with Crippen molar-refractivity contribution in [1.29, 1.82) is 0 Å². The lowest BCUT2D eigenvalue weighted by molar-refractivity contribution is -0.121. The van der Waals surface area contributed by atoms with Gasteiger partial charge < -0.3 is 5.32 Å². The maximum absolute atomic E-state index is 12.6. The van der Waals surface area contributed by atoms with Crippen LogP contribution >= 0.6 is 0 Å². The third kappa shape index (κ3) is 3.11. The summed E-state index contributed by atoms with van der Waals surface area (Å²) in [5, 5.41) is 3.17.